The van der Waals surface area contributed by atoms with Crippen molar-refractivity contribution >= 4 is 5.97 Å². The maximum atomic E-state index is 11.6. The van der Waals surface area contributed by atoms with Gasteiger partial charge in [-0.1, -0.05) is 0 Å². The van der Waals surface area contributed by atoms with Crippen LogP contribution in [0.25, 0.3) is 0 Å². The molecule has 2 unspecified atom stereocenters. The van der Waals surface area contributed by atoms with Gasteiger partial charge in [-0.25, -0.2) is 0 Å². The van der Waals surface area contributed by atoms with Gasteiger partial charge in [0.2, 0.25) is 0 Å². The Balaban J connectivity index is 2.20. The van der Waals surface area contributed by atoms with Crippen LogP contribution in [0.15, 0.2) is 0 Å². The number of nitrogens with one attached hydrogen (secondary N) is 1. The van der Waals surface area contributed by atoms with Crippen molar-refractivity contribution < 1.29 is 14.6 Å². The average molecular weight is 228 g/mol. The Morgan fingerprint density at radius 3 is 2.94 bits per heavy atom. The van der Waals surface area contributed by atoms with E-state index in [1.807, 2.05) is 6.92 Å². The number of hydrogen-bond acceptors (Lipinski definition) is 4. The molecule has 0 aromatic heterocycles. The quantitative estimate of drug-likeness (QED) is 0.692. The van der Waals surface area contributed by atoms with Gasteiger partial charge in [-0.15, -0.1) is 0 Å². The third-order valence-electron chi connectivity index (χ3n) is 3.80. The van der Waals surface area contributed by atoms with E-state index in [9.17, 15) is 9.90 Å². The summed E-state index contributed by atoms with van der Waals surface area (Å²) in [7, 11) is 0. The van der Waals surface area contributed by atoms with Crippen molar-refractivity contribution in [3.05, 3.63) is 0 Å². The molecule has 16 heavy (non-hydrogen) atoms. The van der Waals surface area contributed by atoms with Crippen molar-refractivity contribution in [2.45, 2.75) is 31.4 Å². The standard InChI is InChI=1S/C11H20N2O3/c1-9-11(10(14)15,3-8-16-9)13-6-2-4-12-5-7-13/h9,12H,2-8H2,1H3,(H,14,15). The molecule has 0 bridgehead atoms. The van der Waals surface area contributed by atoms with Crippen molar-refractivity contribution in [3.63, 3.8) is 0 Å². The third kappa shape index (κ3) is 1.83. The number of nitrogens with zero attached hydrogens (tertiary/aromatic N) is 1. The molecule has 0 spiro atoms. The number of rotatable bonds is 2. The van der Waals surface area contributed by atoms with Gasteiger partial charge < -0.3 is 15.2 Å². The topological polar surface area (TPSA) is 61.8 Å². The van der Waals surface area contributed by atoms with Crippen LogP contribution in [-0.2, 0) is 9.53 Å². The van der Waals surface area contributed by atoms with Crippen LogP contribution >= 0.6 is 0 Å². The second kappa shape index (κ2) is 4.69. The van der Waals surface area contributed by atoms with Crippen molar-refractivity contribution in [2.75, 3.05) is 32.8 Å². The van der Waals surface area contributed by atoms with Crippen molar-refractivity contribution in [1.29, 1.82) is 0 Å². The lowest BCUT2D eigenvalue weighted by Gasteiger charge is -2.38. The highest BCUT2D eigenvalue weighted by Crippen LogP contribution is 2.32. The summed E-state index contributed by atoms with van der Waals surface area (Å²) >= 11 is 0. The van der Waals surface area contributed by atoms with Gasteiger partial charge in [-0.2, -0.15) is 0 Å². The van der Waals surface area contributed by atoms with Crippen LogP contribution in [0.4, 0.5) is 0 Å². The van der Waals surface area contributed by atoms with E-state index in [0.29, 0.717) is 13.0 Å². The predicted molar refractivity (Wildman–Crippen MR) is 59.5 cm³/mol. The Hall–Kier alpha value is -0.650. The van der Waals surface area contributed by atoms with Crippen LogP contribution in [0.3, 0.4) is 0 Å². The predicted octanol–water partition coefficient (Wildman–Crippen LogP) is -0.0861. The number of aliphatic carboxylic acids is 1. The Morgan fingerprint density at radius 2 is 2.31 bits per heavy atom. The highest BCUT2D eigenvalue weighted by molar-refractivity contribution is 5.80. The molecule has 2 heterocycles. The molecule has 92 valence electrons. The highest BCUT2D eigenvalue weighted by Gasteiger charge is 2.52. The summed E-state index contributed by atoms with van der Waals surface area (Å²) < 4.78 is 5.48. The summed E-state index contributed by atoms with van der Waals surface area (Å²) in [5.41, 5.74) is -0.800. The molecule has 2 rings (SSSR count). The lowest BCUT2D eigenvalue weighted by molar-refractivity contribution is -0.155. The van der Waals surface area contributed by atoms with E-state index in [1.54, 1.807) is 0 Å². The van der Waals surface area contributed by atoms with Crippen LogP contribution in [0.1, 0.15) is 19.8 Å². The van der Waals surface area contributed by atoms with Crippen LogP contribution in [0.2, 0.25) is 0 Å². The molecule has 0 saturated carbocycles. The molecule has 5 heteroatoms. The molecule has 0 aromatic carbocycles. The number of ether oxygens (including phenoxy) is 1. The minimum Gasteiger partial charge on any atom is -0.480 e. The molecule has 2 atom stereocenters. The summed E-state index contributed by atoms with van der Waals surface area (Å²) in [5.74, 6) is -0.737. The Bertz CT molecular complexity index is 264. The zero-order valence-corrected chi connectivity index (χ0v) is 9.74. The Labute approximate surface area is 95.8 Å². The first kappa shape index (κ1) is 11.8. The number of carbonyl (C=O) groups is 1. The smallest absolute Gasteiger partial charge is 0.326 e. The Morgan fingerprint density at radius 1 is 1.50 bits per heavy atom. The molecular formula is C11H20N2O3. The van der Waals surface area contributed by atoms with Crippen LogP contribution < -0.4 is 5.32 Å². The summed E-state index contributed by atoms with van der Waals surface area (Å²) in [6.45, 7) is 5.90. The minimum atomic E-state index is -0.800. The van der Waals surface area contributed by atoms with Gasteiger partial charge in [0.25, 0.3) is 0 Å². The molecule has 0 aliphatic carbocycles. The van der Waals surface area contributed by atoms with E-state index in [1.165, 1.54) is 0 Å². The summed E-state index contributed by atoms with van der Waals surface area (Å²) in [4.78, 5) is 13.7. The molecule has 5 nitrogen and oxygen atoms in total. The first-order valence-electron chi connectivity index (χ1n) is 5.98. The minimum absolute atomic E-state index is 0.219. The van der Waals surface area contributed by atoms with Gasteiger partial charge in [-0.3, -0.25) is 9.69 Å². The fourth-order valence-corrected chi connectivity index (χ4v) is 2.81. The zero-order valence-electron chi connectivity index (χ0n) is 9.74. The van der Waals surface area contributed by atoms with E-state index in [-0.39, 0.29) is 6.10 Å². The highest BCUT2D eigenvalue weighted by atomic mass is 16.5. The molecule has 0 aromatic rings. The fraction of sp³-hybridized carbons (Fsp3) is 0.909. The van der Waals surface area contributed by atoms with Gasteiger partial charge >= 0.3 is 5.97 Å². The molecular weight excluding hydrogens is 208 g/mol. The van der Waals surface area contributed by atoms with Gasteiger partial charge in [0, 0.05) is 32.7 Å². The van der Waals surface area contributed by atoms with E-state index >= 15 is 0 Å². The van der Waals surface area contributed by atoms with Crippen molar-refractivity contribution in [2.24, 2.45) is 0 Å². The number of hydrogen-bond donors (Lipinski definition) is 2. The van der Waals surface area contributed by atoms with Gasteiger partial charge in [0.05, 0.1) is 6.10 Å². The second-order valence-corrected chi connectivity index (χ2v) is 4.58. The molecule has 2 fully saturated rings. The van der Waals surface area contributed by atoms with E-state index in [4.69, 9.17) is 4.74 Å². The SMILES string of the molecule is CC1OCCC1(C(=O)O)N1CCCNCC1. The number of carboxylic acids is 1. The fourth-order valence-electron chi connectivity index (χ4n) is 2.81. The summed E-state index contributed by atoms with van der Waals surface area (Å²) in [6.07, 6.45) is 1.38. The van der Waals surface area contributed by atoms with E-state index < -0.39 is 11.5 Å². The van der Waals surface area contributed by atoms with Crippen LogP contribution in [-0.4, -0.2) is 60.4 Å². The van der Waals surface area contributed by atoms with Crippen LogP contribution in [0, 0.1) is 0 Å². The molecule has 2 saturated heterocycles. The monoisotopic (exact) mass is 228 g/mol. The number of carboxylic acid groups (broad SMARTS) is 1. The zero-order chi connectivity index (χ0) is 11.6. The van der Waals surface area contributed by atoms with Gasteiger partial charge in [0.1, 0.15) is 5.54 Å². The molecule has 2 aliphatic rings. The van der Waals surface area contributed by atoms with Crippen molar-refractivity contribution in [1.82, 2.24) is 10.2 Å². The van der Waals surface area contributed by atoms with Crippen molar-refractivity contribution in [3.8, 4) is 0 Å². The van der Waals surface area contributed by atoms with Crippen LogP contribution in [0.5, 0.6) is 0 Å². The molecule has 0 radical (unpaired) electrons. The average Bonchev–Trinajstić information content (AvgIpc) is 2.51. The maximum absolute atomic E-state index is 11.6. The van der Waals surface area contributed by atoms with Gasteiger partial charge in [0.15, 0.2) is 0 Å². The lowest BCUT2D eigenvalue weighted by atomic mass is 9.89. The van der Waals surface area contributed by atoms with Gasteiger partial charge in [-0.05, 0) is 19.9 Å². The molecule has 2 N–H and O–H groups in total. The van der Waals surface area contributed by atoms with E-state index in [0.717, 1.165) is 32.6 Å². The summed E-state index contributed by atoms with van der Waals surface area (Å²) in [6, 6.07) is 0. The second-order valence-electron chi connectivity index (χ2n) is 4.58. The maximum Gasteiger partial charge on any atom is 0.326 e. The largest absolute Gasteiger partial charge is 0.480 e. The lowest BCUT2D eigenvalue weighted by Crippen LogP contribution is -2.59. The summed E-state index contributed by atoms with van der Waals surface area (Å²) in [5, 5.41) is 12.8. The molecule has 2 aliphatic heterocycles. The normalized spacial score (nSPS) is 37.2. The third-order valence-corrected chi connectivity index (χ3v) is 3.80. The Kier molecular flexibility index (Phi) is 3.47. The first-order chi connectivity index (χ1) is 7.68. The first-order valence-corrected chi connectivity index (χ1v) is 5.98. The van der Waals surface area contributed by atoms with E-state index in [2.05, 4.69) is 10.2 Å². The molecule has 0 amide bonds.